The lowest BCUT2D eigenvalue weighted by atomic mass is 9.67. The number of carbonyl (C=O) groups excluding carboxylic acids is 1. The van der Waals surface area contributed by atoms with Gasteiger partial charge in [0.15, 0.2) is 0 Å². The minimum atomic E-state index is -0.289. The Hall–Kier alpha value is -2.90. The molecule has 7 heteroatoms. The number of amides is 1. The molecule has 6 nitrogen and oxygen atoms in total. The Balaban J connectivity index is 1.43. The third-order valence-corrected chi connectivity index (χ3v) is 9.30. The first-order chi connectivity index (χ1) is 18.0. The number of aliphatic hydroxyl groups is 1. The number of likely N-dealkylation sites (tertiary alicyclic amines) is 1. The predicted octanol–water partition coefficient (Wildman–Crippen LogP) is 5.09. The number of aliphatic hydroxyl groups excluding tert-OH is 1. The summed E-state index contributed by atoms with van der Waals surface area (Å²) in [5.74, 6) is 1.06. The minimum Gasteiger partial charge on any atom is -0.497 e. The number of benzene rings is 2. The summed E-state index contributed by atoms with van der Waals surface area (Å²) >= 11 is 0. The van der Waals surface area contributed by atoms with Gasteiger partial charge in [-0.25, -0.2) is 4.39 Å². The minimum absolute atomic E-state index is 0.0713. The summed E-state index contributed by atoms with van der Waals surface area (Å²) < 4.78 is 20.4. The van der Waals surface area contributed by atoms with E-state index in [0.29, 0.717) is 18.0 Å². The highest BCUT2D eigenvalue weighted by Crippen LogP contribution is 2.51. The van der Waals surface area contributed by atoms with Crippen LogP contribution in [-0.4, -0.2) is 59.1 Å². The topological polar surface area (TPSA) is 68.8 Å². The van der Waals surface area contributed by atoms with E-state index in [1.54, 1.807) is 13.2 Å². The van der Waals surface area contributed by atoms with Gasteiger partial charge in [0.25, 0.3) is 0 Å². The Morgan fingerprint density at radius 2 is 1.97 bits per heavy atom. The molecule has 6 rings (SSSR count). The summed E-state index contributed by atoms with van der Waals surface area (Å²) in [5, 5.41) is 11.8. The number of nitrogens with zero attached hydrogens (tertiary/aromatic N) is 2. The fraction of sp³-hybridized carbons (Fsp3) is 0.500. The van der Waals surface area contributed by atoms with E-state index < -0.39 is 0 Å². The van der Waals surface area contributed by atoms with Crippen molar-refractivity contribution >= 4 is 16.8 Å². The number of ether oxygens (including phenoxy) is 1. The Morgan fingerprint density at radius 3 is 2.62 bits per heavy atom. The SMILES string of the molecule is COc1ccc2c3c([nH]c2c1)[C@@H](CO)N([C@H](C)c1ccccc1F)CC31CCN(C(=O)C2CCC2)CC1. The van der Waals surface area contributed by atoms with Crippen LogP contribution in [-0.2, 0) is 10.2 Å². The quantitative estimate of drug-likeness (QED) is 0.507. The molecule has 0 unspecified atom stereocenters. The number of H-pyrrole nitrogens is 1. The first-order valence-corrected chi connectivity index (χ1v) is 13.6. The first-order valence-electron chi connectivity index (χ1n) is 13.6. The molecule has 2 N–H and O–H groups in total. The molecule has 196 valence electrons. The Labute approximate surface area is 217 Å². The Kier molecular flexibility index (Phi) is 6.24. The van der Waals surface area contributed by atoms with Gasteiger partial charge in [-0.2, -0.15) is 0 Å². The molecular weight excluding hydrogens is 469 g/mol. The average molecular weight is 506 g/mol. The second kappa shape index (κ2) is 9.44. The molecule has 1 amide bonds. The standard InChI is InChI=1S/C30H36FN3O3/c1-19(22-8-3-4-9-24(22)31)34-18-30(12-14-33(15-13-30)29(36)20-6-5-7-20)27-23-11-10-21(37-2)16-25(23)32-28(27)26(34)17-35/h3-4,8-11,16,19-20,26,32,35H,5-7,12-15,17-18H2,1-2H3/t19-,26-/m1/s1. The molecular formula is C30H36FN3O3. The predicted molar refractivity (Wildman–Crippen MR) is 141 cm³/mol. The van der Waals surface area contributed by atoms with Gasteiger partial charge in [0.2, 0.25) is 5.91 Å². The monoisotopic (exact) mass is 505 g/mol. The number of aromatic amines is 1. The van der Waals surface area contributed by atoms with Gasteiger partial charge in [0, 0.05) is 65.2 Å². The third kappa shape index (κ3) is 3.94. The molecule has 0 radical (unpaired) electrons. The zero-order valence-corrected chi connectivity index (χ0v) is 21.7. The van der Waals surface area contributed by atoms with E-state index >= 15 is 0 Å². The van der Waals surface area contributed by atoms with Gasteiger partial charge in [-0.15, -0.1) is 0 Å². The van der Waals surface area contributed by atoms with Crippen molar-refractivity contribution in [3.8, 4) is 5.75 Å². The van der Waals surface area contributed by atoms with Gasteiger partial charge in [-0.1, -0.05) is 24.6 Å². The van der Waals surface area contributed by atoms with Gasteiger partial charge in [0.05, 0.1) is 19.8 Å². The largest absolute Gasteiger partial charge is 0.497 e. The van der Waals surface area contributed by atoms with Crippen LogP contribution in [0.1, 0.15) is 67.9 Å². The number of rotatable bonds is 5. The number of aromatic nitrogens is 1. The van der Waals surface area contributed by atoms with Gasteiger partial charge < -0.3 is 19.7 Å². The van der Waals surface area contributed by atoms with Crippen LogP contribution in [0.15, 0.2) is 42.5 Å². The molecule has 2 aromatic carbocycles. The highest BCUT2D eigenvalue weighted by molar-refractivity contribution is 5.88. The van der Waals surface area contributed by atoms with Crippen molar-refractivity contribution in [1.82, 2.24) is 14.8 Å². The van der Waals surface area contributed by atoms with Crippen molar-refractivity contribution in [2.75, 3.05) is 33.4 Å². The second-order valence-electron chi connectivity index (χ2n) is 11.1. The second-order valence-corrected chi connectivity index (χ2v) is 11.1. The molecule has 2 aliphatic heterocycles. The van der Waals surface area contributed by atoms with E-state index in [-0.39, 0.29) is 35.8 Å². The summed E-state index contributed by atoms with van der Waals surface area (Å²) in [4.78, 5) is 21.0. The van der Waals surface area contributed by atoms with Gasteiger partial charge >= 0.3 is 0 Å². The smallest absolute Gasteiger partial charge is 0.225 e. The lowest BCUT2D eigenvalue weighted by Crippen LogP contribution is -2.55. The number of methoxy groups -OCH3 is 1. The zero-order chi connectivity index (χ0) is 25.7. The lowest BCUT2D eigenvalue weighted by Gasteiger charge is -2.52. The molecule has 0 bridgehead atoms. The van der Waals surface area contributed by atoms with Crippen LogP contribution < -0.4 is 4.74 Å². The van der Waals surface area contributed by atoms with Crippen LogP contribution in [0.4, 0.5) is 4.39 Å². The van der Waals surface area contributed by atoms with Crippen LogP contribution in [0.2, 0.25) is 0 Å². The summed E-state index contributed by atoms with van der Waals surface area (Å²) in [5.41, 5.74) is 3.66. The van der Waals surface area contributed by atoms with Crippen molar-refractivity contribution < 1.29 is 19.0 Å². The summed E-state index contributed by atoms with van der Waals surface area (Å²) in [6.07, 6.45) is 4.87. The van der Waals surface area contributed by atoms with E-state index in [0.717, 1.165) is 67.5 Å². The zero-order valence-electron chi connectivity index (χ0n) is 21.7. The van der Waals surface area contributed by atoms with E-state index in [4.69, 9.17) is 4.74 Å². The number of halogens is 1. The van der Waals surface area contributed by atoms with E-state index in [2.05, 4.69) is 20.9 Å². The van der Waals surface area contributed by atoms with Crippen LogP contribution >= 0.6 is 0 Å². The van der Waals surface area contributed by atoms with Crippen molar-refractivity contribution in [2.24, 2.45) is 5.92 Å². The molecule has 1 saturated heterocycles. The van der Waals surface area contributed by atoms with Crippen LogP contribution in [0, 0.1) is 11.7 Å². The third-order valence-electron chi connectivity index (χ3n) is 9.30. The molecule has 3 aromatic rings. The first kappa shape index (κ1) is 24.4. The number of carbonyl (C=O) groups is 1. The molecule has 1 spiro atoms. The fourth-order valence-electron chi connectivity index (χ4n) is 6.92. The van der Waals surface area contributed by atoms with E-state index in [9.17, 15) is 14.3 Å². The van der Waals surface area contributed by atoms with E-state index in [1.807, 2.05) is 31.2 Å². The Bertz CT molecular complexity index is 1310. The molecule has 2 atom stereocenters. The van der Waals surface area contributed by atoms with Crippen LogP contribution in [0.3, 0.4) is 0 Å². The molecule has 3 aliphatic rings. The molecule has 2 fully saturated rings. The van der Waals surface area contributed by atoms with Crippen molar-refractivity contribution in [3.05, 3.63) is 65.1 Å². The average Bonchev–Trinajstić information content (AvgIpc) is 3.27. The van der Waals surface area contributed by atoms with Crippen molar-refractivity contribution in [1.29, 1.82) is 0 Å². The van der Waals surface area contributed by atoms with Gasteiger partial charge in [-0.05, 0) is 56.4 Å². The molecule has 3 heterocycles. The highest BCUT2D eigenvalue weighted by Gasteiger charge is 2.49. The summed E-state index contributed by atoms with van der Waals surface area (Å²) in [6.45, 7) is 4.11. The fourth-order valence-corrected chi connectivity index (χ4v) is 6.92. The molecule has 1 saturated carbocycles. The van der Waals surface area contributed by atoms with Crippen molar-refractivity contribution in [2.45, 2.75) is 56.5 Å². The molecule has 37 heavy (non-hydrogen) atoms. The maximum absolute atomic E-state index is 14.9. The van der Waals surface area contributed by atoms with E-state index in [1.165, 1.54) is 11.6 Å². The van der Waals surface area contributed by atoms with Crippen molar-refractivity contribution in [3.63, 3.8) is 0 Å². The number of nitrogens with one attached hydrogen (secondary N) is 1. The maximum Gasteiger partial charge on any atom is 0.225 e. The summed E-state index contributed by atoms with van der Waals surface area (Å²) in [6, 6.07) is 12.5. The normalized spacial score (nSPS) is 22.6. The number of piperidine rings is 1. The lowest BCUT2D eigenvalue weighted by molar-refractivity contribution is -0.140. The van der Waals surface area contributed by atoms with Crippen LogP contribution in [0.5, 0.6) is 5.75 Å². The number of fused-ring (bicyclic) bond motifs is 4. The number of hydrogen-bond donors (Lipinski definition) is 2. The Morgan fingerprint density at radius 1 is 1.22 bits per heavy atom. The molecule has 1 aromatic heterocycles. The summed E-state index contributed by atoms with van der Waals surface area (Å²) in [7, 11) is 1.66. The number of hydrogen-bond acceptors (Lipinski definition) is 4. The van der Waals surface area contributed by atoms with Gasteiger partial charge in [-0.3, -0.25) is 9.69 Å². The van der Waals surface area contributed by atoms with Gasteiger partial charge in [0.1, 0.15) is 11.6 Å². The van der Waals surface area contributed by atoms with Crippen LogP contribution in [0.25, 0.3) is 10.9 Å². The highest BCUT2D eigenvalue weighted by atomic mass is 19.1. The molecule has 1 aliphatic carbocycles. The maximum atomic E-state index is 14.9.